The SMILES string of the molecule is O=C(Nc1ccc(Nc2cc(N3CCOCC3)cnn2)cc1)c1ccc2noc(-c3ccccc3)c2c1. The zero-order valence-electron chi connectivity index (χ0n) is 19.9. The van der Waals surface area contributed by atoms with Crippen LogP contribution in [-0.2, 0) is 4.74 Å². The third kappa shape index (κ3) is 4.98. The summed E-state index contributed by atoms with van der Waals surface area (Å²) < 4.78 is 11.0. The van der Waals surface area contributed by atoms with Crippen LogP contribution in [-0.4, -0.2) is 47.6 Å². The average Bonchev–Trinajstić information content (AvgIpc) is 3.39. The van der Waals surface area contributed by atoms with Crippen molar-refractivity contribution in [1.29, 1.82) is 0 Å². The van der Waals surface area contributed by atoms with Gasteiger partial charge in [0, 0.05) is 41.7 Å². The molecule has 37 heavy (non-hydrogen) atoms. The van der Waals surface area contributed by atoms with Crippen molar-refractivity contribution in [2.24, 2.45) is 0 Å². The van der Waals surface area contributed by atoms with Crippen LogP contribution >= 0.6 is 0 Å². The molecule has 1 aliphatic heterocycles. The predicted octanol–water partition coefficient (Wildman–Crippen LogP) is 5.12. The fraction of sp³-hybridized carbons (Fsp3) is 0.143. The zero-order valence-corrected chi connectivity index (χ0v) is 19.9. The predicted molar refractivity (Wildman–Crippen MR) is 142 cm³/mol. The molecule has 0 spiro atoms. The maximum Gasteiger partial charge on any atom is 0.255 e. The number of aromatic nitrogens is 3. The minimum absolute atomic E-state index is 0.216. The van der Waals surface area contributed by atoms with Crippen LogP contribution in [0.3, 0.4) is 0 Å². The van der Waals surface area contributed by atoms with Crippen molar-refractivity contribution < 1.29 is 14.1 Å². The maximum absolute atomic E-state index is 13.0. The molecule has 1 fully saturated rings. The molecule has 1 saturated heterocycles. The Labute approximate surface area is 213 Å². The first-order valence-corrected chi connectivity index (χ1v) is 12.0. The lowest BCUT2D eigenvalue weighted by Gasteiger charge is -2.28. The molecule has 1 aliphatic rings. The Bertz CT molecular complexity index is 1530. The topological polar surface area (TPSA) is 105 Å². The highest BCUT2D eigenvalue weighted by Crippen LogP contribution is 2.29. The van der Waals surface area contributed by atoms with Gasteiger partial charge in [-0.1, -0.05) is 35.5 Å². The summed E-state index contributed by atoms with van der Waals surface area (Å²) in [6.07, 6.45) is 1.76. The first-order chi connectivity index (χ1) is 18.2. The third-order valence-corrected chi connectivity index (χ3v) is 6.21. The van der Waals surface area contributed by atoms with Crippen molar-refractivity contribution in [1.82, 2.24) is 15.4 Å². The van der Waals surface area contributed by atoms with E-state index in [-0.39, 0.29) is 5.91 Å². The number of nitrogens with zero attached hydrogens (tertiary/aromatic N) is 4. The fourth-order valence-corrected chi connectivity index (χ4v) is 4.28. The molecule has 184 valence electrons. The number of fused-ring (bicyclic) bond motifs is 1. The molecule has 2 N–H and O–H groups in total. The van der Waals surface area contributed by atoms with Gasteiger partial charge >= 0.3 is 0 Å². The van der Waals surface area contributed by atoms with Crippen LogP contribution in [0.4, 0.5) is 22.9 Å². The molecule has 5 aromatic rings. The van der Waals surface area contributed by atoms with E-state index < -0.39 is 0 Å². The van der Waals surface area contributed by atoms with Crippen LogP contribution in [0.1, 0.15) is 10.4 Å². The lowest BCUT2D eigenvalue weighted by molar-refractivity contribution is 0.102. The molecular weight excluding hydrogens is 468 g/mol. The summed E-state index contributed by atoms with van der Waals surface area (Å²) in [6.45, 7) is 3.08. The standard InChI is InChI=1S/C28H24N6O3/c35-28(20-6-11-25-24(16-20)27(37-33-25)19-4-2-1-3-5-19)31-22-9-7-21(8-10-22)30-26-17-23(18-29-32-26)34-12-14-36-15-13-34/h1-11,16-18H,12-15H2,(H,30,32)(H,31,35). The van der Waals surface area contributed by atoms with Crippen LogP contribution in [0.15, 0.2) is 89.6 Å². The number of morpholine rings is 1. The number of hydrogen-bond acceptors (Lipinski definition) is 8. The first kappa shape index (κ1) is 22.7. The Morgan fingerprint density at radius 1 is 0.892 bits per heavy atom. The summed E-state index contributed by atoms with van der Waals surface area (Å²) in [5, 5.41) is 19.5. The summed E-state index contributed by atoms with van der Waals surface area (Å²) in [7, 11) is 0. The van der Waals surface area contributed by atoms with Crippen molar-refractivity contribution in [3.63, 3.8) is 0 Å². The molecule has 0 saturated carbocycles. The number of anilines is 4. The molecule has 0 radical (unpaired) electrons. The molecule has 3 aromatic carbocycles. The van der Waals surface area contributed by atoms with Crippen LogP contribution in [0.25, 0.3) is 22.2 Å². The van der Waals surface area contributed by atoms with E-state index in [1.54, 1.807) is 24.4 Å². The van der Waals surface area contributed by atoms with Crippen LogP contribution in [0.2, 0.25) is 0 Å². The van der Waals surface area contributed by atoms with Crippen molar-refractivity contribution in [3.8, 4) is 11.3 Å². The highest BCUT2D eigenvalue weighted by molar-refractivity contribution is 6.07. The summed E-state index contributed by atoms with van der Waals surface area (Å²) in [6, 6.07) is 24.5. The highest BCUT2D eigenvalue weighted by atomic mass is 16.5. The summed E-state index contributed by atoms with van der Waals surface area (Å²) >= 11 is 0. The van der Waals surface area contributed by atoms with E-state index in [2.05, 4.69) is 30.9 Å². The molecule has 9 nitrogen and oxygen atoms in total. The molecule has 0 unspecified atom stereocenters. The van der Waals surface area contributed by atoms with E-state index in [0.29, 0.717) is 41.6 Å². The van der Waals surface area contributed by atoms with E-state index in [1.807, 2.05) is 60.7 Å². The van der Waals surface area contributed by atoms with Crippen molar-refractivity contribution in [2.45, 2.75) is 0 Å². The molecule has 0 aliphatic carbocycles. The van der Waals surface area contributed by atoms with E-state index >= 15 is 0 Å². The van der Waals surface area contributed by atoms with E-state index in [9.17, 15) is 4.79 Å². The minimum Gasteiger partial charge on any atom is -0.378 e. The minimum atomic E-state index is -0.216. The Hall–Kier alpha value is -4.76. The van der Waals surface area contributed by atoms with Gasteiger partial charge in [-0.15, -0.1) is 5.10 Å². The first-order valence-electron chi connectivity index (χ1n) is 12.0. The van der Waals surface area contributed by atoms with E-state index in [1.165, 1.54) is 0 Å². The number of rotatable bonds is 6. The third-order valence-electron chi connectivity index (χ3n) is 6.21. The number of hydrogen-bond donors (Lipinski definition) is 2. The van der Waals surface area contributed by atoms with Gasteiger partial charge in [-0.05, 0) is 42.5 Å². The molecule has 6 rings (SSSR count). The number of benzene rings is 3. The molecule has 0 bridgehead atoms. The van der Waals surface area contributed by atoms with Crippen LogP contribution < -0.4 is 15.5 Å². The van der Waals surface area contributed by atoms with Gasteiger partial charge in [0.05, 0.1) is 30.5 Å². The van der Waals surface area contributed by atoms with Gasteiger partial charge in [0.15, 0.2) is 11.6 Å². The second-order valence-electron chi connectivity index (χ2n) is 8.66. The zero-order chi connectivity index (χ0) is 25.0. The van der Waals surface area contributed by atoms with Crippen molar-refractivity contribution in [2.75, 3.05) is 41.8 Å². The lowest BCUT2D eigenvalue weighted by Crippen LogP contribution is -2.36. The van der Waals surface area contributed by atoms with Gasteiger partial charge in [-0.2, -0.15) is 5.10 Å². The molecule has 1 amide bonds. The van der Waals surface area contributed by atoms with Gasteiger partial charge in [0.2, 0.25) is 0 Å². The highest BCUT2D eigenvalue weighted by Gasteiger charge is 2.15. The van der Waals surface area contributed by atoms with Gasteiger partial charge in [0.25, 0.3) is 5.91 Å². The normalized spacial score (nSPS) is 13.5. The van der Waals surface area contributed by atoms with Crippen LogP contribution in [0.5, 0.6) is 0 Å². The van der Waals surface area contributed by atoms with Crippen molar-refractivity contribution >= 4 is 39.7 Å². The van der Waals surface area contributed by atoms with E-state index in [4.69, 9.17) is 9.26 Å². The largest absolute Gasteiger partial charge is 0.378 e. The summed E-state index contributed by atoms with van der Waals surface area (Å²) in [4.78, 5) is 15.2. The van der Waals surface area contributed by atoms with Gasteiger partial charge in [-0.3, -0.25) is 4.79 Å². The number of carbonyl (C=O) groups is 1. The van der Waals surface area contributed by atoms with Crippen LogP contribution in [0, 0.1) is 0 Å². The second kappa shape index (κ2) is 10.1. The summed E-state index contributed by atoms with van der Waals surface area (Å²) in [5.41, 5.74) is 4.65. The van der Waals surface area contributed by atoms with E-state index in [0.717, 1.165) is 35.4 Å². The quantitative estimate of drug-likeness (QED) is 0.337. The second-order valence-corrected chi connectivity index (χ2v) is 8.66. The lowest BCUT2D eigenvalue weighted by atomic mass is 10.1. The van der Waals surface area contributed by atoms with Gasteiger partial charge in [0.1, 0.15) is 5.52 Å². The smallest absolute Gasteiger partial charge is 0.255 e. The fourth-order valence-electron chi connectivity index (χ4n) is 4.28. The Kier molecular flexibility index (Phi) is 6.18. The summed E-state index contributed by atoms with van der Waals surface area (Å²) in [5.74, 6) is 1.07. The molecule has 9 heteroatoms. The molecule has 2 aromatic heterocycles. The van der Waals surface area contributed by atoms with Gasteiger partial charge < -0.3 is 24.8 Å². The molecule has 0 atom stereocenters. The number of carbonyl (C=O) groups excluding carboxylic acids is 1. The Morgan fingerprint density at radius 3 is 2.49 bits per heavy atom. The maximum atomic E-state index is 13.0. The number of nitrogens with one attached hydrogen (secondary N) is 2. The molecule has 3 heterocycles. The Balaban J connectivity index is 1.14. The monoisotopic (exact) mass is 492 g/mol. The Morgan fingerprint density at radius 2 is 1.68 bits per heavy atom. The van der Waals surface area contributed by atoms with Crippen molar-refractivity contribution in [3.05, 3.63) is 90.6 Å². The number of ether oxygens (including phenoxy) is 1. The molecular formula is C28H24N6O3. The number of amides is 1. The average molecular weight is 493 g/mol. The van der Waals surface area contributed by atoms with Gasteiger partial charge in [-0.25, -0.2) is 0 Å².